The summed E-state index contributed by atoms with van der Waals surface area (Å²) in [5, 5.41) is 14.2. The van der Waals surface area contributed by atoms with E-state index in [1.807, 2.05) is 6.92 Å². The quantitative estimate of drug-likeness (QED) is 0.560. The van der Waals surface area contributed by atoms with Crippen LogP contribution in [0.25, 0.3) is 21.8 Å². The summed E-state index contributed by atoms with van der Waals surface area (Å²) in [6.45, 7) is 6.19. The highest BCUT2D eigenvalue weighted by Crippen LogP contribution is 2.29. The number of aromatic amines is 1. The molecule has 114 valence electrons. The number of benzene rings is 2. The zero-order chi connectivity index (χ0) is 16.0. The number of aromatic nitrogens is 3. The van der Waals surface area contributed by atoms with Gasteiger partial charge in [-0.15, -0.1) is 0 Å². The lowest BCUT2D eigenvalue weighted by molar-refractivity contribution is 1.05. The molecule has 23 heavy (non-hydrogen) atoms. The smallest absolute Gasteiger partial charge is 0.183 e. The van der Waals surface area contributed by atoms with Crippen LogP contribution in [0.1, 0.15) is 16.8 Å². The Kier molecular flexibility index (Phi) is 3.05. The molecule has 4 nitrogen and oxygen atoms in total. The van der Waals surface area contributed by atoms with E-state index in [1.54, 1.807) is 0 Å². The fraction of sp³-hybridized carbons (Fsp3) is 0.158. The summed E-state index contributed by atoms with van der Waals surface area (Å²) in [5.41, 5.74) is 5.20. The van der Waals surface area contributed by atoms with Crippen LogP contribution in [-0.2, 0) is 0 Å². The van der Waals surface area contributed by atoms with Crippen LogP contribution in [0, 0.1) is 20.8 Å². The number of fused-ring (bicyclic) bond motifs is 2. The Labute approximate surface area is 134 Å². The lowest BCUT2D eigenvalue weighted by Gasteiger charge is -2.12. The molecule has 2 aromatic carbocycles. The molecule has 0 radical (unpaired) electrons. The second kappa shape index (κ2) is 5.09. The molecule has 0 amide bonds. The van der Waals surface area contributed by atoms with Gasteiger partial charge in [0, 0.05) is 22.2 Å². The summed E-state index contributed by atoms with van der Waals surface area (Å²) in [4.78, 5) is 4.67. The van der Waals surface area contributed by atoms with E-state index < -0.39 is 0 Å². The highest BCUT2D eigenvalue weighted by Gasteiger charge is 2.09. The minimum atomic E-state index is 0.743. The zero-order valence-corrected chi connectivity index (χ0v) is 13.4. The number of anilines is 2. The molecule has 4 heteroatoms. The molecule has 0 saturated carbocycles. The van der Waals surface area contributed by atoms with E-state index in [9.17, 15) is 0 Å². The minimum absolute atomic E-state index is 0.743. The van der Waals surface area contributed by atoms with Crippen molar-refractivity contribution in [2.75, 3.05) is 5.32 Å². The van der Waals surface area contributed by atoms with Gasteiger partial charge in [0.1, 0.15) is 5.82 Å². The van der Waals surface area contributed by atoms with Crippen molar-refractivity contribution in [1.82, 2.24) is 15.2 Å². The highest BCUT2D eigenvalue weighted by molar-refractivity contribution is 5.96. The van der Waals surface area contributed by atoms with Crippen LogP contribution in [-0.4, -0.2) is 15.2 Å². The topological polar surface area (TPSA) is 53.6 Å². The molecular weight excluding hydrogens is 284 g/mol. The first kappa shape index (κ1) is 13.8. The molecule has 0 spiro atoms. The largest absolute Gasteiger partial charge is 0.339 e. The van der Waals surface area contributed by atoms with Crippen LogP contribution >= 0.6 is 0 Å². The Balaban J connectivity index is 1.84. The standard InChI is InChI=1S/C19H18N4/c1-11-7-8-14-5-4-6-17(16(14)9-11)20-18-12(2)10-15-13(3)22-23-19(15)21-18/h4-10H,1-3H3,(H2,20,21,22,23). The van der Waals surface area contributed by atoms with Crippen LogP contribution < -0.4 is 5.32 Å². The first-order valence-corrected chi connectivity index (χ1v) is 7.70. The molecule has 0 aliphatic rings. The van der Waals surface area contributed by atoms with Crippen LogP contribution in [0.15, 0.2) is 42.5 Å². The molecule has 0 aliphatic heterocycles. The van der Waals surface area contributed by atoms with Gasteiger partial charge < -0.3 is 5.32 Å². The number of nitrogens with one attached hydrogen (secondary N) is 2. The third-order valence-electron chi connectivity index (χ3n) is 4.22. The van der Waals surface area contributed by atoms with Gasteiger partial charge in [-0.3, -0.25) is 5.10 Å². The molecule has 0 saturated heterocycles. The van der Waals surface area contributed by atoms with Crippen molar-refractivity contribution < 1.29 is 0 Å². The molecule has 0 bridgehead atoms. The fourth-order valence-corrected chi connectivity index (χ4v) is 2.91. The maximum absolute atomic E-state index is 4.67. The lowest BCUT2D eigenvalue weighted by atomic mass is 10.1. The number of hydrogen-bond donors (Lipinski definition) is 2. The summed E-state index contributed by atoms with van der Waals surface area (Å²) in [7, 11) is 0. The maximum atomic E-state index is 4.67. The van der Waals surface area contributed by atoms with Gasteiger partial charge in [-0.25, -0.2) is 4.98 Å². The van der Waals surface area contributed by atoms with Gasteiger partial charge in [-0.05, 0) is 49.9 Å². The Morgan fingerprint density at radius 1 is 0.957 bits per heavy atom. The van der Waals surface area contributed by atoms with E-state index in [-0.39, 0.29) is 0 Å². The predicted octanol–water partition coefficient (Wildman–Crippen LogP) is 4.78. The van der Waals surface area contributed by atoms with Crippen LogP contribution in [0.3, 0.4) is 0 Å². The molecule has 0 fully saturated rings. The van der Waals surface area contributed by atoms with Crippen molar-refractivity contribution in [1.29, 1.82) is 0 Å². The summed E-state index contributed by atoms with van der Waals surface area (Å²) in [6, 6.07) is 14.9. The first-order valence-electron chi connectivity index (χ1n) is 7.70. The van der Waals surface area contributed by atoms with Gasteiger partial charge in [-0.2, -0.15) is 5.10 Å². The van der Waals surface area contributed by atoms with Gasteiger partial charge in [0.15, 0.2) is 5.65 Å². The molecule has 2 heterocycles. The van der Waals surface area contributed by atoms with Gasteiger partial charge in [0.05, 0.1) is 0 Å². The monoisotopic (exact) mass is 302 g/mol. The Morgan fingerprint density at radius 3 is 2.70 bits per heavy atom. The highest BCUT2D eigenvalue weighted by atomic mass is 15.2. The van der Waals surface area contributed by atoms with Crippen LogP contribution in [0.2, 0.25) is 0 Å². The van der Waals surface area contributed by atoms with Crippen molar-refractivity contribution in [3.63, 3.8) is 0 Å². The normalized spacial score (nSPS) is 11.3. The van der Waals surface area contributed by atoms with Crippen molar-refractivity contribution in [3.05, 3.63) is 59.3 Å². The molecule has 4 rings (SSSR count). The van der Waals surface area contributed by atoms with Gasteiger partial charge in [-0.1, -0.05) is 29.8 Å². The molecular formula is C19H18N4. The molecule has 0 aliphatic carbocycles. The van der Waals surface area contributed by atoms with Crippen molar-refractivity contribution in [3.8, 4) is 0 Å². The minimum Gasteiger partial charge on any atom is -0.339 e. The second-order valence-corrected chi connectivity index (χ2v) is 6.03. The van der Waals surface area contributed by atoms with E-state index >= 15 is 0 Å². The molecule has 0 unspecified atom stereocenters. The summed E-state index contributed by atoms with van der Waals surface area (Å²) in [5.74, 6) is 0.845. The van der Waals surface area contributed by atoms with Gasteiger partial charge in [0.25, 0.3) is 0 Å². The predicted molar refractivity (Wildman–Crippen MR) is 95.3 cm³/mol. The molecule has 2 aromatic heterocycles. The zero-order valence-electron chi connectivity index (χ0n) is 13.4. The Bertz CT molecular complexity index is 1030. The second-order valence-electron chi connectivity index (χ2n) is 6.03. The van der Waals surface area contributed by atoms with E-state index in [0.29, 0.717) is 0 Å². The van der Waals surface area contributed by atoms with E-state index in [0.717, 1.165) is 33.8 Å². The molecule has 2 N–H and O–H groups in total. The van der Waals surface area contributed by atoms with Crippen LogP contribution in [0.5, 0.6) is 0 Å². The maximum Gasteiger partial charge on any atom is 0.183 e. The number of rotatable bonds is 2. The number of nitrogens with zero attached hydrogens (tertiary/aromatic N) is 2. The first-order chi connectivity index (χ1) is 11.1. The third-order valence-corrected chi connectivity index (χ3v) is 4.22. The van der Waals surface area contributed by atoms with Crippen molar-refractivity contribution >= 4 is 33.3 Å². The SMILES string of the molecule is Cc1ccc2cccc(Nc3nc4n[nH]c(C)c4cc3C)c2c1. The number of hydrogen-bond acceptors (Lipinski definition) is 3. The fourth-order valence-electron chi connectivity index (χ4n) is 2.91. The molecule has 0 atom stereocenters. The number of pyridine rings is 1. The number of H-pyrrole nitrogens is 1. The van der Waals surface area contributed by atoms with Crippen molar-refractivity contribution in [2.45, 2.75) is 20.8 Å². The van der Waals surface area contributed by atoms with Gasteiger partial charge in [0.2, 0.25) is 0 Å². The van der Waals surface area contributed by atoms with Crippen molar-refractivity contribution in [2.24, 2.45) is 0 Å². The average Bonchev–Trinajstić information content (AvgIpc) is 2.89. The van der Waals surface area contributed by atoms with Crippen LogP contribution in [0.4, 0.5) is 11.5 Å². The summed E-state index contributed by atoms with van der Waals surface area (Å²) >= 11 is 0. The Hall–Kier alpha value is -2.88. The van der Waals surface area contributed by atoms with E-state index in [2.05, 4.69) is 76.8 Å². The summed E-state index contributed by atoms with van der Waals surface area (Å²) < 4.78 is 0. The summed E-state index contributed by atoms with van der Waals surface area (Å²) in [6.07, 6.45) is 0. The lowest BCUT2D eigenvalue weighted by Crippen LogP contribution is -1.98. The number of aryl methyl sites for hydroxylation is 3. The average molecular weight is 302 g/mol. The van der Waals surface area contributed by atoms with Gasteiger partial charge >= 0.3 is 0 Å². The Morgan fingerprint density at radius 2 is 1.83 bits per heavy atom. The molecule has 4 aromatic rings. The van der Waals surface area contributed by atoms with E-state index in [1.165, 1.54) is 16.3 Å². The third kappa shape index (κ3) is 2.32. The van der Waals surface area contributed by atoms with E-state index in [4.69, 9.17) is 0 Å².